The van der Waals surface area contributed by atoms with E-state index in [1.807, 2.05) is 42.5 Å². The molecule has 0 radical (unpaired) electrons. The maximum Gasteiger partial charge on any atom is 0.259 e. The SMILES string of the molecule is COc1ccc(/C=N\NC(=O)CNc2ccc(Br)cc2)cc1Br. The van der Waals surface area contributed by atoms with Crippen molar-refractivity contribution in [1.29, 1.82) is 0 Å². The third-order valence-electron chi connectivity index (χ3n) is 2.88. The van der Waals surface area contributed by atoms with Crippen molar-refractivity contribution in [2.75, 3.05) is 19.0 Å². The van der Waals surface area contributed by atoms with Crippen LogP contribution in [0.5, 0.6) is 5.75 Å². The zero-order valence-electron chi connectivity index (χ0n) is 12.3. The lowest BCUT2D eigenvalue weighted by Gasteiger charge is -2.05. The van der Waals surface area contributed by atoms with Crippen LogP contribution in [-0.2, 0) is 4.79 Å². The second-order valence-corrected chi connectivity index (χ2v) is 6.32. The van der Waals surface area contributed by atoms with Crippen molar-refractivity contribution in [3.05, 3.63) is 57.0 Å². The van der Waals surface area contributed by atoms with Crippen LogP contribution in [0.2, 0.25) is 0 Å². The Hall–Kier alpha value is -1.86. The van der Waals surface area contributed by atoms with Gasteiger partial charge in [0.25, 0.3) is 5.91 Å². The van der Waals surface area contributed by atoms with Crippen LogP contribution in [0.25, 0.3) is 0 Å². The van der Waals surface area contributed by atoms with Gasteiger partial charge in [-0.2, -0.15) is 5.10 Å². The molecule has 0 aromatic heterocycles. The molecule has 0 aliphatic heterocycles. The molecule has 2 N–H and O–H groups in total. The van der Waals surface area contributed by atoms with Crippen molar-refractivity contribution < 1.29 is 9.53 Å². The third-order valence-corrected chi connectivity index (χ3v) is 4.02. The highest BCUT2D eigenvalue weighted by atomic mass is 79.9. The van der Waals surface area contributed by atoms with Gasteiger partial charge in [0.05, 0.1) is 24.3 Å². The highest BCUT2D eigenvalue weighted by Crippen LogP contribution is 2.24. The number of halogens is 2. The average Bonchev–Trinajstić information content (AvgIpc) is 2.54. The molecule has 0 saturated carbocycles. The Balaban J connectivity index is 1.81. The lowest BCUT2D eigenvalue weighted by atomic mass is 10.2. The molecule has 0 bridgehead atoms. The Morgan fingerprint density at radius 1 is 1.22 bits per heavy atom. The van der Waals surface area contributed by atoms with Gasteiger partial charge >= 0.3 is 0 Å². The highest BCUT2D eigenvalue weighted by Gasteiger charge is 2.01. The first-order chi connectivity index (χ1) is 11.1. The first-order valence-electron chi connectivity index (χ1n) is 6.73. The Bertz CT molecular complexity index is 703. The Morgan fingerprint density at radius 2 is 1.96 bits per heavy atom. The van der Waals surface area contributed by atoms with Crippen LogP contribution in [-0.4, -0.2) is 25.8 Å². The molecule has 0 spiro atoms. The number of hydrazone groups is 1. The van der Waals surface area contributed by atoms with Crippen molar-refractivity contribution in [3.8, 4) is 5.75 Å². The molecule has 0 heterocycles. The summed E-state index contributed by atoms with van der Waals surface area (Å²) in [6.07, 6.45) is 1.57. The van der Waals surface area contributed by atoms with Gasteiger partial charge in [0.1, 0.15) is 5.75 Å². The number of anilines is 1. The van der Waals surface area contributed by atoms with Gasteiger partial charge in [0, 0.05) is 10.2 Å². The lowest BCUT2D eigenvalue weighted by molar-refractivity contribution is -0.119. The Morgan fingerprint density at radius 3 is 2.61 bits per heavy atom. The van der Waals surface area contributed by atoms with E-state index in [4.69, 9.17) is 4.74 Å². The number of amides is 1. The molecule has 2 aromatic rings. The fourth-order valence-corrected chi connectivity index (χ4v) is 2.55. The normalized spacial score (nSPS) is 10.6. The summed E-state index contributed by atoms with van der Waals surface area (Å²) in [5, 5.41) is 6.94. The van der Waals surface area contributed by atoms with Crippen molar-refractivity contribution in [2.24, 2.45) is 5.10 Å². The second kappa shape index (κ2) is 8.69. The van der Waals surface area contributed by atoms with Crippen LogP contribution in [0.1, 0.15) is 5.56 Å². The molecular weight excluding hydrogens is 426 g/mol. The van der Waals surface area contributed by atoms with Crippen molar-refractivity contribution in [3.63, 3.8) is 0 Å². The predicted octanol–water partition coefficient (Wildman–Crippen LogP) is 3.78. The van der Waals surface area contributed by atoms with Gasteiger partial charge in [0.2, 0.25) is 0 Å². The minimum absolute atomic E-state index is 0.144. The summed E-state index contributed by atoms with van der Waals surface area (Å²) in [7, 11) is 1.60. The quantitative estimate of drug-likeness (QED) is 0.530. The number of hydrogen-bond acceptors (Lipinski definition) is 4. The maximum atomic E-state index is 11.7. The fourth-order valence-electron chi connectivity index (χ4n) is 1.73. The highest BCUT2D eigenvalue weighted by molar-refractivity contribution is 9.10. The average molecular weight is 441 g/mol. The molecule has 7 heteroatoms. The number of ether oxygens (including phenoxy) is 1. The van der Waals surface area contributed by atoms with Crippen molar-refractivity contribution in [2.45, 2.75) is 0 Å². The van der Waals surface area contributed by atoms with Crippen LogP contribution in [0.4, 0.5) is 5.69 Å². The van der Waals surface area contributed by atoms with Gasteiger partial charge in [-0.1, -0.05) is 15.9 Å². The minimum Gasteiger partial charge on any atom is -0.496 e. The molecule has 23 heavy (non-hydrogen) atoms. The van der Waals surface area contributed by atoms with Crippen LogP contribution >= 0.6 is 31.9 Å². The summed E-state index contributed by atoms with van der Waals surface area (Å²) in [5.74, 6) is 0.515. The smallest absolute Gasteiger partial charge is 0.259 e. The summed E-state index contributed by atoms with van der Waals surface area (Å²) in [6, 6.07) is 13.1. The number of carbonyl (C=O) groups is 1. The summed E-state index contributed by atoms with van der Waals surface area (Å²) < 4.78 is 6.97. The summed E-state index contributed by atoms with van der Waals surface area (Å²) in [4.78, 5) is 11.7. The molecule has 2 rings (SSSR count). The number of rotatable bonds is 6. The zero-order valence-corrected chi connectivity index (χ0v) is 15.5. The molecule has 0 aliphatic carbocycles. The summed E-state index contributed by atoms with van der Waals surface area (Å²) in [5.41, 5.74) is 4.19. The molecule has 0 fully saturated rings. The molecule has 120 valence electrons. The van der Waals surface area contributed by atoms with Gasteiger partial charge in [-0.15, -0.1) is 0 Å². The fraction of sp³-hybridized carbons (Fsp3) is 0.125. The van der Waals surface area contributed by atoms with E-state index in [-0.39, 0.29) is 12.5 Å². The number of nitrogens with zero attached hydrogens (tertiary/aromatic N) is 1. The molecule has 0 saturated heterocycles. The van der Waals surface area contributed by atoms with E-state index in [9.17, 15) is 4.79 Å². The van der Waals surface area contributed by atoms with E-state index in [1.54, 1.807) is 13.3 Å². The third kappa shape index (κ3) is 5.69. The molecule has 1 amide bonds. The molecule has 0 atom stereocenters. The monoisotopic (exact) mass is 439 g/mol. The van der Waals surface area contributed by atoms with Crippen LogP contribution in [0.3, 0.4) is 0 Å². The van der Waals surface area contributed by atoms with E-state index >= 15 is 0 Å². The standard InChI is InChI=1S/C16H15Br2N3O2/c1-23-15-7-2-11(8-14(15)18)9-20-21-16(22)10-19-13-5-3-12(17)4-6-13/h2-9,19H,10H2,1H3,(H,21,22)/b20-9-. The van der Waals surface area contributed by atoms with Crippen molar-refractivity contribution in [1.82, 2.24) is 5.43 Å². The van der Waals surface area contributed by atoms with Gasteiger partial charge < -0.3 is 10.1 Å². The van der Waals surface area contributed by atoms with Gasteiger partial charge in [-0.3, -0.25) is 4.79 Å². The van der Waals surface area contributed by atoms with Crippen molar-refractivity contribution >= 4 is 49.7 Å². The van der Waals surface area contributed by atoms with Gasteiger partial charge in [-0.05, 0) is 64.0 Å². The van der Waals surface area contributed by atoms with E-state index in [0.717, 1.165) is 25.9 Å². The lowest BCUT2D eigenvalue weighted by Crippen LogP contribution is -2.25. The van der Waals surface area contributed by atoms with Gasteiger partial charge in [-0.25, -0.2) is 5.43 Å². The minimum atomic E-state index is -0.225. The number of benzene rings is 2. The summed E-state index contributed by atoms with van der Waals surface area (Å²) in [6.45, 7) is 0.144. The molecule has 5 nitrogen and oxygen atoms in total. The second-order valence-electron chi connectivity index (χ2n) is 4.55. The molecular formula is C16H15Br2N3O2. The predicted molar refractivity (Wildman–Crippen MR) is 99.1 cm³/mol. The maximum absolute atomic E-state index is 11.7. The molecule has 0 unspecified atom stereocenters. The largest absolute Gasteiger partial charge is 0.496 e. The van der Waals surface area contributed by atoms with E-state index in [1.165, 1.54) is 0 Å². The van der Waals surface area contributed by atoms with Crippen LogP contribution < -0.4 is 15.5 Å². The van der Waals surface area contributed by atoms with Gasteiger partial charge in [0.15, 0.2) is 0 Å². The van der Waals surface area contributed by atoms with E-state index < -0.39 is 0 Å². The number of methoxy groups -OCH3 is 1. The first kappa shape index (κ1) is 17.5. The van der Waals surface area contributed by atoms with Crippen LogP contribution in [0.15, 0.2) is 56.5 Å². The molecule has 2 aromatic carbocycles. The van der Waals surface area contributed by atoms with E-state index in [0.29, 0.717) is 0 Å². The molecule has 0 aliphatic rings. The Labute approximate surface area is 151 Å². The number of hydrogen-bond donors (Lipinski definition) is 2. The number of carbonyl (C=O) groups excluding carboxylic acids is 1. The zero-order chi connectivity index (χ0) is 16.7. The first-order valence-corrected chi connectivity index (χ1v) is 8.32. The van der Waals surface area contributed by atoms with E-state index in [2.05, 4.69) is 47.7 Å². The topological polar surface area (TPSA) is 62.7 Å². The summed E-state index contributed by atoms with van der Waals surface area (Å²) >= 11 is 6.76. The Kier molecular flexibility index (Phi) is 6.61. The number of nitrogens with one attached hydrogen (secondary N) is 2. The van der Waals surface area contributed by atoms with Crippen LogP contribution in [0, 0.1) is 0 Å².